The smallest absolute Gasteiger partial charge is 0.256 e. The third kappa shape index (κ3) is 3.71. The number of benzene rings is 2. The Kier molecular flexibility index (Phi) is 5.06. The summed E-state index contributed by atoms with van der Waals surface area (Å²) < 4.78 is 5.30. The van der Waals surface area contributed by atoms with Crippen molar-refractivity contribution in [3.63, 3.8) is 0 Å². The molecule has 4 heteroatoms. The number of hydrogen-bond acceptors (Lipinski definition) is 3. The molecular weight excluding hydrogens is 300 g/mol. The van der Waals surface area contributed by atoms with Crippen molar-refractivity contribution in [3.05, 3.63) is 77.5 Å². The van der Waals surface area contributed by atoms with E-state index in [-0.39, 0.29) is 5.91 Å². The van der Waals surface area contributed by atoms with Gasteiger partial charge in [0.05, 0.1) is 6.20 Å². The Morgan fingerprint density at radius 1 is 1.04 bits per heavy atom. The molecule has 1 N–H and O–H groups in total. The zero-order chi connectivity index (χ0) is 16.8. The molecule has 2 aromatic carbocycles. The van der Waals surface area contributed by atoms with Crippen LogP contribution in [0.1, 0.15) is 28.4 Å². The lowest BCUT2D eigenvalue weighted by molar-refractivity contribution is 0.0954. The third-order valence-electron chi connectivity index (χ3n) is 3.98. The largest absolute Gasteiger partial charge is 0.355 e. The van der Waals surface area contributed by atoms with Gasteiger partial charge in [-0.05, 0) is 24.0 Å². The minimum absolute atomic E-state index is 0.165. The fourth-order valence-corrected chi connectivity index (χ4v) is 2.56. The van der Waals surface area contributed by atoms with E-state index < -0.39 is 0 Å². The van der Waals surface area contributed by atoms with Gasteiger partial charge >= 0.3 is 0 Å². The maximum Gasteiger partial charge on any atom is 0.256 e. The first-order chi connectivity index (χ1) is 11.8. The average Bonchev–Trinajstić information content (AvgIpc) is 3.12. The van der Waals surface area contributed by atoms with Gasteiger partial charge in [0.15, 0.2) is 5.76 Å². The second-order valence-corrected chi connectivity index (χ2v) is 5.61. The van der Waals surface area contributed by atoms with Crippen LogP contribution in [0, 0.1) is 0 Å². The summed E-state index contributed by atoms with van der Waals surface area (Å²) in [5.74, 6) is 0.344. The van der Waals surface area contributed by atoms with Crippen LogP contribution in [0.15, 0.2) is 65.3 Å². The molecule has 3 aromatic rings. The predicted molar refractivity (Wildman–Crippen MR) is 93.8 cm³/mol. The van der Waals surface area contributed by atoms with Gasteiger partial charge in [-0.3, -0.25) is 4.79 Å². The van der Waals surface area contributed by atoms with E-state index in [0.717, 1.165) is 18.4 Å². The van der Waals surface area contributed by atoms with Crippen LogP contribution in [0.5, 0.6) is 0 Å². The van der Waals surface area contributed by atoms with Gasteiger partial charge < -0.3 is 9.84 Å². The van der Waals surface area contributed by atoms with Gasteiger partial charge in [0, 0.05) is 12.1 Å². The van der Waals surface area contributed by atoms with Gasteiger partial charge in [-0.2, -0.15) is 0 Å². The van der Waals surface area contributed by atoms with Crippen molar-refractivity contribution in [2.75, 3.05) is 6.54 Å². The zero-order valence-corrected chi connectivity index (χ0v) is 13.7. The highest BCUT2D eigenvalue weighted by Gasteiger charge is 2.17. The lowest BCUT2D eigenvalue weighted by atomic mass is 10.1. The number of hydrogen-bond donors (Lipinski definition) is 1. The van der Waals surface area contributed by atoms with Crippen molar-refractivity contribution < 1.29 is 9.32 Å². The molecule has 0 saturated heterocycles. The predicted octanol–water partition coefficient (Wildman–Crippen LogP) is 3.88. The Balaban J connectivity index is 1.66. The van der Waals surface area contributed by atoms with Gasteiger partial charge in [-0.1, -0.05) is 66.7 Å². The van der Waals surface area contributed by atoms with E-state index in [1.54, 1.807) is 0 Å². The van der Waals surface area contributed by atoms with Crippen LogP contribution in [0.2, 0.25) is 0 Å². The van der Waals surface area contributed by atoms with E-state index in [9.17, 15) is 4.79 Å². The first-order valence-corrected chi connectivity index (χ1v) is 8.14. The van der Waals surface area contributed by atoms with Gasteiger partial charge in [0.1, 0.15) is 5.56 Å². The molecule has 0 radical (unpaired) electrons. The molecule has 1 heterocycles. The van der Waals surface area contributed by atoms with E-state index in [2.05, 4.69) is 17.4 Å². The molecule has 3 rings (SSSR count). The summed E-state index contributed by atoms with van der Waals surface area (Å²) >= 11 is 0. The Labute approximate surface area is 141 Å². The second-order valence-electron chi connectivity index (χ2n) is 5.61. The number of aryl methyl sites for hydroxylation is 1. The maximum absolute atomic E-state index is 12.4. The summed E-state index contributed by atoms with van der Waals surface area (Å²) in [5, 5.41) is 6.72. The van der Waals surface area contributed by atoms with Crippen molar-refractivity contribution >= 4 is 5.91 Å². The molecule has 0 aliphatic carbocycles. The van der Waals surface area contributed by atoms with Crippen molar-refractivity contribution in [1.82, 2.24) is 10.5 Å². The van der Waals surface area contributed by atoms with Crippen molar-refractivity contribution in [2.24, 2.45) is 0 Å². The van der Waals surface area contributed by atoms with Crippen LogP contribution in [0.25, 0.3) is 11.3 Å². The lowest BCUT2D eigenvalue weighted by Gasteiger charge is -2.05. The molecule has 1 aromatic heterocycles. The highest BCUT2D eigenvalue weighted by Crippen LogP contribution is 2.24. The number of carbonyl (C=O) groups excluding carboxylic acids is 1. The fourth-order valence-electron chi connectivity index (χ4n) is 2.56. The highest BCUT2D eigenvalue weighted by atomic mass is 16.5. The number of amides is 1. The van der Waals surface area contributed by atoms with Crippen LogP contribution < -0.4 is 5.32 Å². The monoisotopic (exact) mass is 320 g/mol. The van der Waals surface area contributed by atoms with Crippen molar-refractivity contribution in [2.45, 2.75) is 19.8 Å². The molecule has 0 aliphatic heterocycles. The molecule has 4 nitrogen and oxygen atoms in total. The van der Waals surface area contributed by atoms with Gasteiger partial charge in [-0.25, -0.2) is 0 Å². The summed E-state index contributed by atoms with van der Waals surface area (Å²) in [6, 6.07) is 18.1. The quantitative estimate of drug-likeness (QED) is 0.750. The summed E-state index contributed by atoms with van der Waals surface area (Å²) in [6.07, 6.45) is 3.24. The van der Waals surface area contributed by atoms with Crippen LogP contribution in [0.3, 0.4) is 0 Å². The van der Waals surface area contributed by atoms with E-state index in [0.29, 0.717) is 17.9 Å². The molecular formula is C20H20N2O2. The minimum Gasteiger partial charge on any atom is -0.355 e. The Bertz CT molecular complexity index is 792. The number of carbonyl (C=O) groups is 1. The Morgan fingerprint density at radius 2 is 1.79 bits per heavy atom. The van der Waals surface area contributed by atoms with Crippen LogP contribution in [-0.2, 0) is 12.8 Å². The molecule has 0 fully saturated rings. The summed E-state index contributed by atoms with van der Waals surface area (Å²) in [7, 11) is 0. The first-order valence-electron chi connectivity index (χ1n) is 8.14. The van der Waals surface area contributed by atoms with Crippen molar-refractivity contribution in [1.29, 1.82) is 0 Å². The summed E-state index contributed by atoms with van der Waals surface area (Å²) in [4.78, 5) is 12.4. The second kappa shape index (κ2) is 7.59. The SMILES string of the molecule is CCc1ccc(-c2oncc2C(=O)NCCc2ccccc2)cc1. The van der Waals surface area contributed by atoms with Gasteiger partial charge in [-0.15, -0.1) is 0 Å². The van der Waals surface area contributed by atoms with E-state index in [4.69, 9.17) is 4.52 Å². The number of aromatic nitrogens is 1. The lowest BCUT2D eigenvalue weighted by Crippen LogP contribution is -2.25. The number of nitrogens with zero attached hydrogens (tertiary/aromatic N) is 1. The van der Waals surface area contributed by atoms with Crippen LogP contribution in [-0.4, -0.2) is 17.6 Å². The number of nitrogens with one attached hydrogen (secondary N) is 1. The highest BCUT2D eigenvalue weighted by molar-refractivity contribution is 5.99. The normalized spacial score (nSPS) is 10.5. The Morgan fingerprint density at radius 3 is 2.50 bits per heavy atom. The molecule has 0 aliphatic rings. The topological polar surface area (TPSA) is 55.1 Å². The number of rotatable bonds is 6. The van der Waals surface area contributed by atoms with Crippen molar-refractivity contribution in [3.8, 4) is 11.3 Å². The zero-order valence-electron chi connectivity index (χ0n) is 13.7. The average molecular weight is 320 g/mol. The molecule has 0 bridgehead atoms. The molecule has 1 amide bonds. The summed E-state index contributed by atoms with van der Waals surface area (Å²) in [6.45, 7) is 2.68. The van der Waals surface area contributed by atoms with Gasteiger partial charge in [0.25, 0.3) is 5.91 Å². The molecule has 0 unspecified atom stereocenters. The fraction of sp³-hybridized carbons (Fsp3) is 0.200. The maximum atomic E-state index is 12.4. The van der Waals surface area contributed by atoms with Crippen LogP contribution in [0.4, 0.5) is 0 Å². The third-order valence-corrected chi connectivity index (χ3v) is 3.98. The molecule has 122 valence electrons. The van der Waals surface area contributed by atoms with E-state index in [1.165, 1.54) is 17.3 Å². The van der Waals surface area contributed by atoms with E-state index in [1.807, 2.05) is 54.6 Å². The van der Waals surface area contributed by atoms with E-state index >= 15 is 0 Å². The van der Waals surface area contributed by atoms with Crippen LogP contribution >= 0.6 is 0 Å². The summed E-state index contributed by atoms with van der Waals surface area (Å²) in [5.41, 5.74) is 3.76. The standard InChI is InChI=1S/C20H20N2O2/c1-2-15-8-10-17(11-9-15)19-18(14-22-24-19)20(23)21-13-12-16-6-4-3-5-7-16/h3-11,14H,2,12-13H2,1H3,(H,21,23). The molecule has 0 atom stereocenters. The molecule has 0 saturated carbocycles. The Hall–Kier alpha value is -2.88. The minimum atomic E-state index is -0.165. The first kappa shape index (κ1) is 16.0. The molecule has 24 heavy (non-hydrogen) atoms. The molecule has 0 spiro atoms. The van der Waals surface area contributed by atoms with Gasteiger partial charge in [0.2, 0.25) is 0 Å².